The van der Waals surface area contributed by atoms with E-state index in [1.807, 2.05) is 0 Å². The molecule has 0 heterocycles. The smallest absolute Gasteiger partial charge is 0.284 e. The van der Waals surface area contributed by atoms with Crippen LogP contribution in [0.15, 0.2) is 4.90 Å². The Morgan fingerprint density at radius 2 is 0.550 bits per heavy atom. The Morgan fingerprint density at radius 1 is 0.400 bits per heavy atom. The van der Waals surface area contributed by atoms with Gasteiger partial charge in [0.15, 0.2) is 0 Å². The maximum atomic E-state index is 13.2. The minimum atomic E-state index is -7.43. The van der Waals surface area contributed by atoms with Crippen molar-refractivity contribution in [3.63, 3.8) is 0 Å². The van der Waals surface area contributed by atoms with Crippen molar-refractivity contribution < 1.29 is 103 Å². The van der Waals surface area contributed by atoms with E-state index in [9.17, 15) is 98.2 Å². The Hall–Kier alpha value is -3.57. The number of Topliss-reactive ketones (excluding diaryl/α,β-unsaturated/α-hetero) is 5. The normalized spacial score (nSPS) is 13.7. The van der Waals surface area contributed by atoms with E-state index in [4.69, 9.17) is 4.55 Å². The Morgan fingerprint density at radius 3 is 0.700 bits per heavy atom. The molecule has 24 heteroatoms. The Bertz CT molecular complexity index is 1340. The van der Waals surface area contributed by atoms with Gasteiger partial charge in [-0.1, -0.05) is 0 Å². The Kier molecular flexibility index (Phi) is 8.45. The molecule has 0 aliphatic rings. The maximum absolute atomic E-state index is 13.2. The van der Waals surface area contributed by atoms with Gasteiger partial charge in [0.2, 0.25) is 0 Å². The first-order valence-corrected chi connectivity index (χ1v) is 10.0. The molecule has 40 heavy (non-hydrogen) atoms. The molecule has 0 radical (unpaired) electrons. The molecule has 0 bridgehead atoms. The number of alkyl halides is 15. The van der Waals surface area contributed by atoms with Crippen LogP contribution in [0.4, 0.5) is 65.9 Å². The topological polar surface area (TPSA) is 140 Å². The van der Waals surface area contributed by atoms with E-state index in [1.165, 1.54) is 0 Å². The van der Waals surface area contributed by atoms with Crippen LogP contribution in [-0.2, 0) is 10.1 Å². The molecule has 0 saturated heterocycles. The maximum Gasteiger partial charge on any atom is 0.454 e. The first-order chi connectivity index (χ1) is 17.3. The van der Waals surface area contributed by atoms with E-state index in [0.717, 1.165) is 0 Å². The molecule has 1 N–H and O–H groups in total. The van der Waals surface area contributed by atoms with Crippen LogP contribution in [0, 0.1) is 0 Å². The molecule has 1 aromatic carbocycles. The summed E-state index contributed by atoms with van der Waals surface area (Å²) in [4.78, 5) is 55.1. The summed E-state index contributed by atoms with van der Waals surface area (Å²) in [6, 6.07) is 0. The number of hydrogen-bond donors (Lipinski definition) is 1. The second kappa shape index (κ2) is 9.81. The SMILES string of the molecule is O=C(c1c(C(=O)C(F)(F)F)c(C(=O)C(F)(F)F)c(S(=O)(=O)O)c(C(=O)C(F)(F)F)c1C(=O)C(F)(F)F)C(F)(F)F. The van der Waals surface area contributed by atoms with Crippen molar-refractivity contribution in [2.75, 3.05) is 0 Å². The average molecular weight is 638 g/mol. The van der Waals surface area contributed by atoms with Crippen molar-refractivity contribution in [3.8, 4) is 0 Å². The molecule has 0 unspecified atom stereocenters. The summed E-state index contributed by atoms with van der Waals surface area (Å²) in [5.74, 6) is -22.1. The third-order valence-electron chi connectivity index (χ3n) is 4.13. The quantitative estimate of drug-likeness (QED) is 0.270. The van der Waals surface area contributed by atoms with E-state index in [2.05, 4.69) is 0 Å². The second-order valence-electron chi connectivity index (χ2n) is 6.81. The zero-order valence-electron chi connectivity index (χ0n) is 17.4. The average Bonchev–Trinajstić information content (AvgIpc) is 2.70. The van der Waals surface area contributed by atoms with Crippen molar-refractivity contribution in [1.29, 1.82) is 0 Å². The van der Waals surface area contributed by atoms with Crippen LogP contribution in [0.3, 0.4) is 0 Å². The molecule has 0 amide bonds. The van der Waals surface area contributed by atoms with E-state index >= 15 is 0 Å². The van der Waals surface area contributed by atoms with Gasteiger partial charge in [0.25, 0.3) is 39.0 Å². The van der Waals surface area contributed by atoms with Crippen LogP contribution in [0.1, 0.15) is 51.8 Å². The zero-order valence-corrected chi connectivity index (χ0v) is 18.2. The summed E-state index contributed by atoms with van der Waals surface area (Å²) in [5.41, 5.74) is -20.0. The van der Waals surface area contributed by atoms with Crippen molar-refractivity contribution in [2.24, 2.45) is 0 Å². The summed E-state index contributed by atoms with van der Waals surface area (Å²) in [6.45, 7) is 0. The summed E-state index contributed by atoms with van der Waals surface area (Å²) in [6.07, 6.45) is -34.9. The molecule has 0 atom stereocenters. The molecule has 1 aromatic rings. The number of benzene rings is 1. The fourth-order valence-electron chi connectivity index (χ4n) is 2.81. The Balaban J connectivity index is 5.25. The van der Waals surface area contributed by atoms with Crippen LogP contribution in [0.5, 0.6) is 0 Å². The van der Waals surface area contributed by atoms with Crippen LogP contribution in [0.2, 0.25) is 0 Å². The number of hydrogen-bond acceptors (Lipinski definition) is 7. The third-order valence-corrected chi connectivity index (χ3v) is 5.06. The first kappa shape index (κ1) is 34.5. The van der Waals surface area contributed by atoms with Crippen molar-refractivity contribution in [2.45, 2.75) is 35.8 Å². The van der Waals surface area contributed by atoms with Gasteiger partial charge in [0.1, 0.15) is 4.90 Å². The number of halogens is 15. The van der Waals surface area contributed by atoms with Crippen molar-refractivity contribution >= 4 is 39.0 Å². The molecule has 8 nitrogen and oxygen atoms in total. The standard InChI is InChI=1S/C16HF15O8S/c17-12(18,19)7(32)1-2(8(33)13(20,21)22)4(10(35)15(26,27)28)6(40(37,38)39)5(11(36)16(29,30)31)3(1)9(34)14(23,24)25/h(H,37,38,39). The molecule has 224 valence electrons. The summed E-state index contributed by atoms with van der Waals surface area (Å²) >= 11 is 0. The monoisotopic (exact) mass is 638 g/mol. The van der Waals surface area contributed by atoms with Crippen molar-refractivity contribution in [1.82, 2.24) is 0 Å². The number of carbonyl (C=O) groups excluding carboxylic acids is 5. The van der Waals surface area contributed by atoms with Gasteiger partial charge >= 0.3 is 30.9 Å². The van der Waals surface area contributed by atoms with Crippen LogP contribution in [-0.4, -0.2) is 72.8 Å². The van der Waals surface area contributed by atoms with E-state index in [0.29, 0.717) is 0 Å². The lowest BCUT2D eigenvalue weighted by atomic mass is 9.82. The molecule has 0 aliphatic heterocycles. The molecular weight excluding hydrogens is 637 g/mol. The number of carbonyl (C=O) groups is 5. The van der Waals surface area contributed by atoms with Gasteiger partial charge in [-0.15, -0.1) is 0 Å². The van der Waals surface area contributed by atoms with Gasteiger partial charge in [0.05, 0.1) is 27.8 Å². The summed E-state index contributed by atoms with van der Waals surface area (Å²) in [7, 11) is -7.43. The van der Waals surface area contributed by atoms with Gasteiger partial charge in [-0.3, -0.25) is 28.5 Å². The molecule has 0 aromatic heterocycles. The molecule has 0 saturated carbocycles. The van der Waals surface area contributed by atoms with Gasteiger partial charge in [-0.25, -0.2) is 0 Å². The van der Waals surface area contributed by atoms with Crippen LogP contribution in [0.25, 0.3) is 0 Å². The summed E-state index contributed by atoms with van der Waals surface area (Å²) < 4.78 is 230. The fourth-order valence-corrected chi connectivity index (χ4v) is 3.71. The lowest BCUT2D eigenvalue weighted by Gasteiger charge is -2.24. The van der Waals surface area contributed by atoms with E-state index < -0.39 is 103 Å². The lowest BCUT2D eigenvalue weighted by Crippen LogP contribution is -2.40. The number of rotatable bonds is 6. The van der Waals surface area contributed by atoms with Crippen molar-refractivity contribution in [3.05, 3.63) is 27.8 Å². The van der Waals surface area contributed by atoms with Gasteiger partial charge in [-0.2, -0.15) is 74.3 Å². The van der Waals surface area contributed by atoms with E-state index in [1.54, 1.807) is 0 Å². The lowest BCUT2D eigenvalue weighted by molar-refractivity contribution is -0.0934. The van der Waals surface area contributed by atoms with Crippen LogP contribution >= 0.6 is 0 Å². The highest BCUT2D eigenvalue weighted by atomic mass is 32.2. The fraction of sp³-hybridized carbons (Fsp3) is 0.312. The number of ketones is 5. The van der Waals surface area contributed by atoms with Gasteiger partial charge in [0, 0.05) is 0 Å². The zero-order chi connectivity index (χ0) is 32.4. The Labute approximate surface area is 206 Å². The van der Waals surface area contributed by atoms with E-state index in [-0.39, 0.29) is 0 Å². The highest BCUT2D eigenvalue weighted by Gasteiger charge is 2.58. The molecule has 0 spiro atoms. The van der Waals surface area contributed by atoms with Gasteiger partial charge in [-0.05, 0) is 0 Å². The minimum Gasteiger partial charge on any atom is -0.284 e. The minimum absolute atomic E-state index is 3.92. The summed E-state index contributed by atoms with van der Waals surface area (Å²) in [5, 5.41) is 0. The molecule has 1 rings (SSSR count). The second-order valence-corrected chi connectivity index (χ2v) is 8.17. The predicted octanol–water partition coefficient (Wildman–Crippen LogP) is 4.66. The molecule has 0 aliphatic carbocycles. The largest absolute Gasteiger partial charge is 0.454 e. The first-order valence-electron chi connectivity index (χ1n) is 8.58. The third kappa shape index (κ3) is 6.59. The van der Waals surface area contributed by atoms with Crippen LogP contribution < -0.4 is 0 Å². The molecular formula is C16HF15O8S. The van der Waals surface area contributed by atoms with Gasteiger partial charge < -0.3 is 0 Å². The molecule has 0 fully saturated rings. The highest BCUT2D eigenvalue weighted by molar-refractivity contribution is 7.86. The predicted molar refractivity (Wildman–Crippen MR) is 88.2 cm³/mol. The highest BCUT2D eigenvalue weighted by Crippen LogP contribution is 2.44.